The van der Waals surface area contributed by atoms with Gasteiger partial charge in [0.2, 0.25) is 0 Å². The lowest BCUT2D eigenvalue weighted by atomic mass is 10.3. The maximum atomic E-state index is 10.4. The number of aromatic amines is 2. The van der Waals surface area contributed by atoms with E-state index in [4.69, 9.17) is 5.11 Å². The Morgan fingerprint density at radius 1 is 1.78 bits per heavy atom. The second-order valence-electron chi connectivity index (χ2n) is 1.87. The molecule has 1 heterocycles. The monoisotopic (exact) mass is 128 g/mol. The molecule has 0 amide bonds. The number of aliphatic hydroxyl groups excluding tert-OH is 1. The van der Waals surface area contributed by atoms with E-state index in [1.807, 2.05) is 0 Å². The molecule has 0 radical (unpaired) electrons. The minimum absolute atomic E-state index is 0.286. The van der Waals surface area contributed by atoms with E-state index < -0.39 is 6.10 Å². The van der Waals surface area contributed by atoms with Gasteiger partial charge in [-0.05, 0) is 6.92 Å². The summed E-state index contributed by atoms with van der Waals surface area (Å²) in [5.41, 5.74) is 0.228. The molecule has 1 atom stereocenters. The van der Waals surface area contributed by atoms with Crippen LogP contribution in [0.2, 0.25) is 0 Å². The number of nitrogens with one attached hydrogen (secondary N) is 2. The van der Waals surface area contributed by atoms with Gasteiger partial charge in [-0.25, -0.2) is 4.79 Å². The minimum Gasteiger partial charge on any atom is -0.387 e. The molecular formula is C5H8N2O2. The van der Waals surface area contributed by atoms with Crippen molar-refractivity contribution in [3.05, 3.63) is 22.4 Å². The summed E-state index contributed by atoms with van der Waals surface area (Å²) in [6.07, 6.45) is 0.844. The fourth-order valence-electron chi connectivity index (χ4n) is 0.572. The largest absolute Gasteiger partial charge is 0.387 e. The lowest BCUT2D eigenvalue weighted by Crippen LogP contribution is -2.02. The van der Waals surface area contributed by atoms with Crippen molar-refractivity contribution < 1.29 is 5.11 Å². The Balaban J connectivity index is 2.98. The Morgan fingerprint density at radius 2 is 2.44 bits per heavy atom. The van der Waals surface area contributed by atoms with Crippen molar-refractivity contribution in [1.29, 1.82) is 0 Å². The molecule has 4 nitrogen and oxygen atoms in total. The Labute approximate surface area is 51.5 Å². The number of H-pyrrole nitrogens is 2. The van der Waals surface area contributed by atoms with Crippen LogP contribution in [0.25, 0.3) is 0 Å². The highest BCUT2D eigenvalue weighted by molar-refractivity contribution is 4.96. The normalized spacial score (nSPS) is 13.6. The van der Waals surface area contributed by atoms with Crippen molar-refractivity contribution in [3.63, 3.8) is 0 Å². The molecule has 1 aromatic rings. The molecule has 0 spiro atoms. The van der Waals surface area contributed by atoms with Gasteiger partial charge in [-0.2, -0.15) is 0 Å². The van der Waals surface area contributed by atoms with Crippen LogP contribution >= 0.6 is 0 Å². The molecule has 0 saturated heterocycles. The molecule has 0 aliphatic carbocycles. The molecule has 3 N–H and O–H groups in total. The summed E-state index contributed by atoms with van der Waals surface area (Å²) in [4.78, 5) is 15.2. The van der Waals surface area contributed by atoms with E-state index in [1.54, 1.807) is 6.92 Å². The first-order chi connectivity index (χ1) is 4.20. The smallest absolute Gasteiger partial charge is 0.323 e. The van der Waals surface area contributed by atoms with Crippen molar-refractivity contribution in [2.75, 3.05) is 0 Å². The predicted molar refractivity (Wildman–Crippen MR) is 32.0 cm³/mol. The zero-order valence-corrected chi connectivity index (χ0v) is 5.01. The molecule has 0 aliphatic rings. The van der Waals surface area contributed by atoms with Crippen molar-refractivity contribution in [1.82, 2.24) is 9.97 Å². The fraction of sp³-hybridized carbons (Fsp3) is 0.400. The minimum atomic E-state index is -0.607. The average Bonchev–Trinajstić information content (AvgIpc) is 2.14. The zero-order valence-electron chi connectivity index (χ0n) is 5.01. The number of imidazole rings is 1. The average molecular weight is 128 g/mol. The van der Waals surface area contributed by atoms with Gasteiger partial charge in [-0.15, -0.1) is 0 Å². The SMILES string of the molecule is CC(O)c1c[nH]c(=O)[nH]1. The Morgan fingerprint density at radius 3 is 2.67 bits per heavy atom. The van der Waals surface area contributed by atoms with Gasteiger partial charge in [0.15, 0.2) is 0 Å². The van der Waals surface area contributed by atoms with Gasteiger partial charge in [0.1, 0.15) is 0 Å². The third-order valence-corrected chi connectivity index (χ3v) is 1.07. The second kappa shape index (κ2) is 2.06. The van der Waals surface area contributed by atoms with E-state index in [1.165, 1.54) is 6.20 Å². The molecule has 0 bridgehead atoms. The van der Waals surface area contributed by atoms with Crippen LogP contribution in [0.3, 0.4) is 0 Å². The summed E-state index contributed by atoms with van der Waals surface area (Å²) >= 11 is 0. The molecule has 1 unspecified atom stereocenters. The van der Waals surface area contributed by atoms with E-state index in [0.29, 0.717) is 5.69 Å². The highest BCUT2D eigenvalue weighted by atomic mass is 16.3. The molecule has 0 aromatic carbocycles. The van der Waals surface area contributed by atoms with E-state index in [2.05, 4.69) is 9.97 Å². The molecule has 50 valence electrons. The number of hydrogen-bond donors (Lipinski definition) is 3. The third kappa shape index (κ3) is 1.20. The molecule has 1 aromatic heterocycles. The highest BCUT2D eigenvalue weighted by Crippen LogP contribution is 2.02. The van der Waals surface area contributed by atoms with Crippen LogP contribution in [0.15, 0.2) is 11.0 Å². The fourth-order valence-corrected chi connectivity index (χ4v) is 0.572. The van der Waals surface area contributed by atoms with Crippen LogP contribution in [0, 0.1) is 0 Å². The van der Waals surface area contributed by atoms with Gasteiger partial charge in [-0.3, -0.25) is 0 Å². The standard InChI is InChI=1S/C5H8N2O2/c1-3(8)4-2-6-5(9)7-4/h2-3,8H,1H3,(H2,6,7,9). The molecular weight excluding hydrogens is 120 g/mol. The van der Waals surface area contributed by atoms with Gasteiger partial charge in [0.25, 0.3) is 0 Å². The highest BCUT2D eigenvalue weighted by Gasteiger charge is 2.00. The van der Waals surface area contributed by atoms with Crippen LogP contribution in [0.5, 0.6) is 0 Å². The molecule has 0 fully saturated rings. The molecule has 0 aliphatic heterocycles. The molecule has 4 heteroatoms. The Kier molecular flexibility index (Phi) is 1.40. The zero-order chi connectivity index (χ0) is 6.85. The number of aromatic nitrogens is 2. The van der Waals surface area contributed by atoms with Gasteiger partial charge in [0.05, 0.1) is 11.8 Å². The number of rotatable bonds is 1. The van der Waals surface area contributed by atoms with Crippen molar-refractivity contribution >= 4 is 0 Å². The third-order valence-electron chi connectivity index (χ3n) is 1.07. The van der Waals surface area contributed by atoms with E-state index in [9.17, 15) is 4.79 Å². The van der Waals surface area contributed by atoms with Crippen molar-refractivity contribution in [2.24, 2.45) is 0 Å². The van der Waals surface area contributed by atoms with E-state index in [-0.39, 0.29) is 5.69 Å². The van der Waals surface area contributed by atoms with Gasteiger partial charge >= 0.3 is 5.69 Å². The van der Waals surface area contributed by atoms with E-state index in [0.717, 1.165) is 0 Å². The first kappa shape index (κ1) is 6.10. The van der Waals surface area contributed by atoms with Gasteiger partial charge in [-0.1, -0.05) is 0 Å². The molecule has 1 rings (SSSR count). The number of aliphatic hydroxyl groups is 1. The Bertz CT molecular complexity index is 235. The van der Waals surface area contributed by atoms with Gasteiger partial charge < -0.3 is 15.1 Å². The van der Waals surface area contributed by atoms with Crippen LogP contribution in [-0.4, -0.2) is 15.1 Å². The summed E-state index contributed by atoms with van der Waals surface area (Å²) in [5, 5.41) is 8.85. The Hall–Kier alpha value is -1.03. The second-order valence-corrected chi connectivity index (χ2v) is 1.87. The first-order valence-electron chi connectivity index (χ1n) is 2.66. The van der Waals surface area contributed by atoms with Crippen LogP contribution in [0.1, 0.15) is 18.7 Å². The number of hydrogen-bond acceptors (Lipinski definition) is 2. The van der Waals surface area contributed by atoms with E-state index >= 15 is 0 Å². The van der Waals surface area contributed by atoms with Crippen molar-refractivity contribution in [2.45, 2.75) is 13.0 Å². The quantitative estimate of drug-likeness (QED) is 0.488. The maximum Gasteiger partial charge on any atom is 0.323 e. The summed E-state index contributed by atoms with van der Waals surface area (Å²) in [7, 11) is 0. The lowest BCUT2D eigenvalue weighted by molar-refractivity contribution is 0.195. The first-order valence-corrected chi connectivity index (χ1v) is 2.66. The molecule has 9 heavy (non-hydrogen) atoms. The summed E-state index contributed by atoms with van der Waals surface area (Å²) < 4.78 is 0. The van der Waals surface area contributed by atoms with Crippen molar-refractivity contribution in [3.8, 4) is 0 Å². The van der Waals surface area contributed by atoms with Crippen LogP contribution in [0.4, 0.5) is 0 Å². The summed E-state index contributed by atoms with van der Waals surface area (Å²) in [6, 6.07) is 0. The van der Waals surface area contributed by atoms with Crippen LogP contribution < -0.4 is 5.69 Å². The topological polar surface area (TPSA) is 68.9 Å². The summed E-state index contributed by atoms with van der Waals surface area (Å²) in [6.45, 7) is 1.58. The van der Waals surface area contributed by atoms with Crippen LogP contribution in [-0.2, 0) is 0 Å². The predicted octanol–water partition coefficient (Wildman–Crippen LogP) is -0.244. The van der Waals surface area contributed by atoms with Gasteiger partial charge in [0, 0.05) is 6.20 Å². The summed E-state index contributed by atoms with van der Waals surface area (Å²) in [5.74, 6) is 0. The maximum absolute atomic E-state index is 10.4. The molecule has 0 saturated carbocycles. The lowest BCUT2D eigenvalue weighted by Gasteiger charge is -1.95.